The summed E-state index contributed by atoms with van der Waals surface area (Å²) >= 11 is 0. The fourth-order valence-corrected chi connectivity index (χ4v) is 2.88. The number of hydrogen-bond acceptors (Lipinski definition) is 2. The first-order valence-electron chi connectivity index (χ1n) is 4.40. The number of nitrogens with zero attached hydrogens (tertiary/aromatic N) is 1. The van der Waals surface area contributed by atoms with E-state index in [4.69, 9.17) is 0 Å². The maximum absolute atomic E-state index is 3.68. The number of piperidine rings is 1. The van der Waals surface area contributed by atoms with Crippen LogP contribution in [0.3, 0.4) is 0 Å². The van der Waals surface area contributed by atoms with Crippen LogP contribution in [0.15, 0.2) is 0 Å². The van der Waals surface area contributed by atoms with Gasteiger partial charge in [-0.25, -0.2) is 0 Å². The minimum Gasteiger partial charge on any atom is -0.308 e. The summed E-state index contributed by atoms with van der Waals surface area (Å²) in [5, 5.41) is 3.68. The Kier molecular flexibility index (Phi) is 1.69. The van der Waals surface area contributed by atoms with Gasteiger partial charge in [0.15, 0.2) is 0 Å². The van der Waals surface area contributed by atoms with Gasteiger partial charge in [-0.3, -0.25) is 0 Å². The molecule has 1 unspecified atom stereocenters. The molecule has 0 amide bonds. The van der Waals surface area contributed by atoms with Crippen molar-refractivity contribution in [1.29, 1.82) is 0 Å². The van der Waals surface area contributed by atoms with Crippen molar-refractivity contribution < 1.29 is 0 Å². The third-order valence-corrected chi connectivity index (χ3v) is 3.36. The van der Waals surface area contributed by atoms with E-state index in [1.54, 1.807) is 0 Å². The second kappa shape index (κ2) is 2.46. The molecule has 11 heavy (non-hydrogen) atoms. The summed E-state index contributed by atoms with van der Waals surface area (Å²) in [7, 11) is 0. The number of piperazine rings is 1. The van der Waals surface area contributed by atoms with Crippen LogP contribution in [0.5, 0.6) is 0 Å². The van der Waals surface area contributed by atoms with Crippen molar-refractivity contribution in [2.45, 2.75) is 32.4 Å². The van der Waals surface area contributed by atoms with Gasteiger partial charge in [-0.1, -0.05) is 7.43 Å². The first-order chi connectivity index (χ1) is 4.92. The molecule has 2 heteroatoms. The molecule has 3 saturated heterocycles. The van der Waals surface area contributed by atoms with E-state index >= 15 is 0 Å². The van der Waals surface area contributed by atoms with Gasteiger partial charge in [-0.05, 0) is 25.3 Å². The molecule has 4 atom stereocenters. The standard InChI is InChI=1S/C8H14N2.CH4/c1-2-10-4-7-3-6(1)8(5-10)9-7;/h6-9H,1-5H2;1H4/t6-,7-,8-;/m0./s1. The van der Waals surface area contributed by atoms with E-state index in [1.165, 1.54) is 32.5 Å². The predicted octanol–water partition coefficient (Wildman–Crippen LogP) is 0.688. The topological polar surface area (TPSA) is 15.3 Å². The number of rotatable bonds is 0. The number of fused-ring (bicyclic) bond motifs is 2. The van der Waals surface area contributed by atoms with Gasteiger partial charge < -0.3 is 10.2 Å². The van der Waals surface area contributed by atoms with Gasteiger partial charge in [0, 0.05) is 25.2 Å². The lowest BCUT2D eigenvalue weighted by molar-refractivity contribution is 0.146. The lowest BCUT2D eigenvalue weighted by atomic mass is 9.94. The lowest BCUT2D eigenvalue weighted by Crippen LogP contribution is -2.54. The van der Waals surface area contributed by atoms with Gasteiger partial charge in [-0.15, -0.1) is 0 Å². The van der Waals surface area contributed by atoms with Crippen molar-refractivity contribution >= 4 is 0 Å². The summed E-state index contributed by atoms with van der Waals surface area (Å²) in [5.74, 6) is 1.03. The Hall–Kier alpha value is -0.0800. The minimum absolute atomic E-state index is 0. The van der Waals surface area contributed by atoms with Crippen molar-refractivity contribution in [3.05, 3.63) is 0 Å². The normalized spacial score (nSPS) is 52.4. The quantitative estimate of drug-likeness (QED) is 0.552. The molecule has 3 aliphatic heterocycles. The molecule has 0 aliphatic carbocycles. The fourth-order valence-electron chi connectivity index (χ4n) is 2.88. The molecule has 0 radical (unpaired) electrons. The monoisotopic (exact) mass is 154 g/mol. The van der Waals surface area contributed by atoms with Crippen LogP contribution in [-0.4, -0.2) is 36.6 Å². The fraction of sp³-hybridized carbons (Fsp3) is 1.00. The first-order valence-corrected chi connectivity index (χ1v) is 4.40. The van der Waals surface area contributed by atoms with Gasteiger partial charge in [0.05, 0.1) is 0 Å². The van der Waals surface area contributed by atoms with Crippen molar-refractivity contribution in [1.82, 2.24) is 10.2 Å². The first kappa shape index (κ1) is 7.56. The highest BCUT2D eigenvalue weighted by molar-refractivity contribution is 5.01. The molecule has 0 aromatic heterocycles. The summed E-state index contributed by atoms with van der Waals surface area (Å²) in [6, 6.07) is 1.72. The molecule has 0 aromatic carbocycles. The molecule has 1 N–H and O–H groups in total. The largest absolute Gasteiger partial charge is 0.308 e. The van der Waals surface area contributed by atoms with Crippen molar-refractivity contribution in [3.63, 3.8) is 0 Å². The van der Waals surface area contributed by atoms with Crippen LogP contribution in [0.1, 0.15) is 20.3 Å². The second-order valence-corrected chi connectivity index (χ2v) is 4.01. The lowest BCUT2D eigenvalue weighted by Gasteiger charge is -2.37. The van der Waals surface area contributed by atoms with Gasteiger partial charge in [-0.2, -0.15) is 0 Å². The van der Waals surface area contributed by atoms with E-state index in [1.807, 2.05) is 0 Å². The Balaban J connectivity index is 0.000000480. The van der Waals surface area contributed by atoms with E-state index in [0.29, 0.717) is 0 Å². The maximum Gasteiger partial charge on any atom is 0.0227 e. The Morgan fingerprint density at radius 2 is 2.18 bits per heavy atom. The molecular weight excluding hydrogens is 136 g/mol. The molecule has 0 saturated carbocycles. The summed E-state index contributed by atoms with van der Waals surface area (Å²) in [4.78, 5) is 2.62. The maximum atomic E-state index is 3.68. The van der Waals surface area contributed by atoms with Crippen molar-refractivity contribution in [3.8, 4) is 0 Å². The molecule has 3 bridgehead atoms. The third kappa shape index (κ3) is 1.00. The Morgan fingerprint density at radius 1 is 1.27 bits per heavy atom. The number of hydrogen-bond donors (Lipinski definition) is 1. The smallest absolute Gasteiger partial charge is 0.0227 e. The molecular formula is C9H18N2. The molecule has 0 spiro atoms. The van der Waals surface area contributed by atoms with E-state index in [2.05, 4.69) is 10.2 Å². The van der Waals surface area contributed by atoms with Gasteiger partial charge in [0.25, 0.3) is 0 Å². The zero-order valence-corrected chi connectivity index (χ0v) is 6.21. The van der Waals surface area contributed by atoms with Crippen LogP contribution in [0.25, 0.3) is 0 Å². The molecule has 64 valence electrons. The molecule has 3 heterocycles. The highest BCUT2D eigenvalue weighted by atomic mass is 15.3. The average Bonchev–Trinajstić information content (AvgIpc) is 2.11. The molecule has 3 rings (SSSR count). The SMILES string of the molecule is C.C1CN2C[C@@H]3C[C@H]1[C@H](C2)N3. The average molecular weight is 154 g/mol. The summed E-state index contributed by atoms with van der Waals surface area (Å²) in [6.45, 7) is 4.04. The molecule has 0 aromatic rings. The summed E-state index contributed by atoms with van der Waals surface area (Å²) in [5.41, 5.74) is 0. The van der Waals surface area contributed by atoms with Crippen LogP contribution in [0.2, 0.25) is 0 Å². The predicted molar refractivity (Wildman–Crippen MR) is 46.6 cm³/mol. The Morgan fingerprint density at radius 3 is 3.09 bits per heavy atom. The van der Waals surface area contributed by atoms with Crippen LogP contribution in [0, 0.1) is 5.92 Å². The Labute approximate surface area is 69.0 Å². The highest BCUT2D eigenvalue weighted by Gasteiger charge is 2.42. The van der Waals surface area contributed by atoms with E-state index < -0.39 is 0 Å². The number of nitrogens with one attached hydrogen (secondary N) is 1. The van der Waals surface area contributed by atoms with E-state index in [9.17, 15) is 0 Å². The highest BCUT2D eigenvalue weighted by Crippen LogP contribution is 2.33. The van der Waals surface area contributed by atoms with Crippen LogP contribution in [0.4, 0.5) is 0 Å². The zero-order valence-electron chi connectivity index (χ0n) is 6.21. The minimum atomic E-state index is 0. The van der Waals surface area contributed by atoms with Gasteiger partial charge in [0.1, 0.15) is 0 Å². The second-order valence-electron chi connectivity index (χ2n) is 4.01. The third-order valence-electron chi connectivity index (χ3n) is 3.36. The summed E-state index contributed by atoms with van der Waals surface area (Å²) in [6.07, 6.45) is 2.91. The van der Waals surface area contributed by atoms with Crippen LogP contribution in [-0.2, 0) is 0 Å². The Bertz CT molecular complexity index is 148. The summed E-state index contributed by atoms with van der Waals surface area (Å²) < 4.78 is 0. The molecule has 2 nitrogen and oxygen atoms in total. The van der Waals surface area contributed by atoms with Crippen LogP contribution < -0.4 is 5.32 Å². The van der Waals surface area contributed by atoms with Crippen molar-refractivity contribution in [2.24, 2.45) is 5.92 Å². The van der Waals surface area contributed by atoms with E-state index in [-0.39, 0.29) is 7.43 Å². The molecule has 3 fully saturated rings. The van der Waals surface area contributed by atoms with E-state index in [0.717, 1.165) is 18.0 Å². The molecule has 3 aliphatic rings. The zero-order chi connectivity index (χ0) is 6.55. The van der Waals surface area contributed by atoms with Gasteiger partial charge >= 0.3 is 0 Å². The van der Waals surface area contributed by atoms with Crippen LogP contribution >= 0.6 is 0 Å². The van der Waals surface area contributed by atoms with Crippen molar-refractivity contribution in [2.75, 3.05) is 19.6 Å². The van der Waals surface area contributed by atoms with Gasteiger partial charge in [0.2, 0.25) is 0 Å².